The van der Waals surface area contributed by atoms with Gasteiger partial charge >= 0.3 is 0 Å². The van der Waals surface area contributed by atoms with Crippen LogP contribution in [0.4, 0.5) is 0 Å². The Kier molecular flexibility index (Phi) is 4.37. The molecule has 4 heterocycles. The highest BCUT2D eigenvalue weighted by molar-refractivity contribution is 8.01. The van der Waals surface area contributed by atoms with Crippen molar-refractivity contribution in [2.24, 2.45) is 0 Å². The van der Waals surface area contributed by atoms with Gasteiger partial charge in [-0.05, 0) is 32.4 Å². The molecular weight excluding hydrogens is 322 g/mol. The maximum atomic E-state index is 6.07. The zero-order chi connectivity index (χ0) is 16.6. The van der Waals surface area contributed by atoms with Gasteiger partial charge in [-0.3, -0.25) is 9.88 Å². The molecule has 6 heteroatoms. The van der Waals surface area contributed by atoms with Crippen molar-refractivity contribution in [1.82, 2.24) is 15.0 Å². The minimum absolute atomic E-state index is 0.346. The first kappa shape index (κ1) is 16.1. The van der Waals surface area contributed by atoms with E-state index in [0.29, 0.717) is 17.5 Å². The van der Waals surface area contributed by atoms with Crippen molar-refractivity contribution in [1.29, 1.82) is 0 Å². The Labute approximate surface area is 146 Å². The zero-order valence-corrected chi connectivity index (χ0v) is 15.0. The molecule has 2 aromatic rings. The number of pyridine rings is 1. The Morgan fingerprint density at radius 3 is 2.96 bits per heavy atom. The van der Waals surface area contributed by atoms with Crippen molar-refractivity contribution in [2.75, 3.05) is 18.8 Å². The molecule has 5 nitrogen and oxygen atoms in total. The van der Waals surface area contributed by atoms with Gasteiger partial charge in [0.05, 0.1) is 24.1 Å². The molecule has 2 fully saturated rings. The molecule has 4 rings (SSSR count). The van der Waals surface area contributed by atoms with E-state index < -0.39 is 0 Å². The van der Waals surface area contributed by atoms with Crippen LogP contribution in [0.5, 0.6) is 0 Å². The second-order valence-corrected chi connectivity index (χ2v) is 8.39. The number of nitrogens with zero attached hydrogens (tertiary/aromatic N) is 3. The van der Waals surface area contributed by atoms with Crippen LogP contribution in [0.15, 0.2) is 28.9 Å². The third-order valence-corrected chi connectivity index (χ3v) is 6.53. The molecule has 0 saturated carbocycles. The molecule has 0 unspecified atom stereocenters. The number of rotatable bonds is 5. The highest BCUT2D eigenvalue weighted by Crippen LogP contribution is 2.46. The molecule has 1 atom stereocenters. The van der Waals surface area contributed by atoms with Crippen molar-refractivity contribution in [3.05, 3.63) is 47.1 Å². The highest BCUT2D eigenvalue weighted by atomic mass is 32.2. The predicted molar refractivity (Wildman–Crippen MR) is 93.9 cm³/mol. The van der Waals surface area contributed by atoms with E-state index in [1.54, 1.807) is 0 Å². The number of likely N-dealkylation sites (tertiary alicyclic amines) is 1. The second-order valence-electron chi connectivity index (χ2n) is 6.90. The van der Waals surface area contributed by atoms with Crippen LogP contribution in [0.25, 0.3) is 0 Å². The summed E-state index contributed by atoms with van der Waals surface area (Å²) in [7, 11) is 0. The molecule has 1 spiro atoms. The van der Waals surface area contributed by atoms with E-state index in [2.05, 4.69) is 26.8 Å². The fraction of sp³-hybridized carbons (Fsp3) is 0.556. The standard InChI is InChI=1S/C18H23N3O2S/c1-13-17(14(2)23-20-13)8-21-11-18(12-21)7-16(10-24-18)22-9-15-5-3-4-6-19-15/h3-6,16H,7-12H2,1-2H3/t16-/m1/s1. The van der Waals surface area contributed by atoms with Gasteiger partial charge in [0.15, 0.2) is 0 Å². The summed E-state index contributed by atoms with van der Waals surface area (Å²) in [5, 5.41) is 4.05. The topological polar surface area (TPSA) is 51.4 Å². The van der Waals surface area contributed by atoms with Crippen LogP contribution in [0.2, 0.25) is 0 Å². The molecule has 24 heavy (non-hydrogen) atoms. The molecule has 0 radical (unpaired) electrons. The maximum absolute atomic E-state index is 6.07. The zero-order valence-electron chi connectivity index (χ0n) is 14.2. The van der Waals surface area contributed by atoms with Crippen molar-refractivity contribution in [3.8, 4) is 0 Å². The number of aryl methyl sites for hydroxylation is 2. The van der Waals surface area contributed by atoms with Gasteiger partial charge < -0.3 is 9.26 Å². The smallest absolute Gasteiger partial charge is 0.138 e. The van der Waals surface area contributed by atoms with Crippen molar-refractivity contribution >= 4 is 11.8 Å². The normalized spacial score (nSPS) is 22.8. The van der Waals surface area contributed by atoms with Crippen LogP contribution >= 0.6 is 11.8 Å². The van der Waals surface area contributed by atoms with Gasteiger partial charge in [0.2, 0.25) is 0 Å². The average Bonchev–Trinajstić information content (AvgIpc) is 3.12. The van der Waals surface area contributed by atoms with Gasteiger partial charge in [-0.2, -0.15) is 0 Å². The van der Waals surface area contributed by atoms with E-state index in [-0.39, 0.29) is 0 Å². The van der Waals surface area contributed by atoms with E-state index in [1.165, 1.54) is 5.56 Å². The molecule has 0 aromatic carbocycles. The lowest BCUT2D eigenvalue weighted by molar-refractivity contribution is 0.0250. The van der Waals surface area contributed by atoms with Crippen LogP contribution in [0.1, 0.15) is 29.1 Å². The summed E-state index contributed by atoms with van der Waals surface area (Å²) in [4.78, 5) is 6.81. The SMILES string of the molecule is Cc1noc(C)c1CN1CC2(C[C@@H](OCc3ccccn3)CS2)C1. The molecule has 0 bridgehead atoms. The fourth-order valence-electron chi connectivity index (χ4n) is 3.65. The molecule has 0 N–H and O–H groups in total. The lowest BCUT2D eigenvalue weighted by Gasteiger charge is -2.47. The summed E-state index contributed by atoms with van der Waals surface area (Å²) in [6, 6.07) is 5.97. The summed E-state index contributed by atoms with van der Waals surface area (Å²) < 4.78 is 11.7. The van der Waals surface area contributed by atoms with Crippen LogP contribution < -0.4 is 0 Å². The van der Waals surface area contributed by atoms with Gasteiger partial charge in [-0.15, -0.1) is 11.8 Å². The molecule has 0 amide bonds. The van der Waals surface area contributed by atoms with E-state index >= 15 is 0 Å². The summed E-state index contributed by atoms with van der Waals surface area (Å²) in [5.41, 5.74) is 3.27. The Hall–Kier alpha value is -1.37. The van der Waals surface area contributed by atoms with Crippen LogP contribution in [0, 0.1) is 13.8 Å². The summed E-state index contributed by atoms with van der Waals surface area (Å²) in [6.07, 6.45) is 3.31. The Morgan fingerprint density at radius 1 is 1.38 bits per heavy atom. The first-order chi connectivity index (χ1) is 11.6. The average molecular weight is 345 g/mol. The molecule has 2 aliphatic rings. The van der Waals surface area contributed by atoms with Crippen molar-refractivity contribution in [2.45, 2.75) is 44.3 Å². The number of hydrogen-bond acceptors (Lipinski definition) is 6. The monoisotopic (exact) mass is 345 g/mol. The largest absolute Gasteiger partial charge is 0.371 e. The third-order valence-electron chi connectivity index (χ3n) is 4.95. The molecule has 2 saturated heterocycles. The van der Waals surface area contributed by atoms with Crippen LogP contribution in [-0.4, -0.2) is 44.7 Å². The Balaban J connectivity index is 1.26. The summed E-state index contributed by atoms with van der Waals surface area (Å²) >= 11 is 2.07. The summed E-state index contributed by atoms with van der Waals surface area (Å²) in [6.45, 7) is 7.84. The molecule has 2 aromatic heterocycles. The second kappa shape index (κ2) is 6.50. The van der Waals surface area contributed by atoms with Crippen LogP contribution in [-0.2, 0) is 17.9 Å². The van der Waals surface area contributed by atoms with Gasteiger partial charge in [0, 0.05) is 41.9 Å². The van der Waals surface area contributed by atoms with Gasteiger partial charge in [-0.1, -0.05) is 11.2 Å². The van der Waals surface area contributed by atoms with Crippen molar-refractivity contribution in [3.63, 3.8) is 0 Å². The minimum Gasteiger partial charge on any atom is -0.371 e. The molecule has 2 aliphatic heterocycles. The van der Waals surface area contributed by atoms with E-state index in [1.807, 2.05) is 38.2 Å². The van der Waals surface area contributed by atoms with Gasteiger partial charge in [0.1, 0.15) is 5.76 Å². The van der Waals surface area contributed by atoms with Gasteiger partial charge in [-0.25, -0.2) is 0 Å². The lowest BCUT2D eigenvalue weighted by Crippen LogP contribution is -2.58. The highest BCUT2D eigenvalue weighted by Gasteiger charge is 2.49. The predicted octanol–water partition coefficient (Wildman–Crippen LogP) is 2.96. The Bertz CT molecular complexity index is 678. The first-order valence-corrected chi connectivity index (χ1v) is 9.42. The first-order valence-electron chi connectivity index (χ1n) is 8.43. The van der Waals surface area contributed by atoms with E-state index in [4.69, 9.17) is 9.26 Å². The van der Waals surface area contributed by atoms with E-state index in [9.17, 15) is 0 Å². The number of hydrogen-bond donors (Lipinski definition) is 0. The molecule has 0 aliphatic carbocycles. The number of ether oxygens (including phenoxy) is 1. The van der Waals surface area contributed by atoms with E-state index in [0.717, 1.165) is 49.0 Å². The third kappa shape index (κ3) is 3.23. The maximum Gasteiger partial charge on any atom is 0.138 e. The summed E-state index contributed by atoms with van der Waals surface area (Å²) in [5.74, 6) is 2.04. The van der Waals surface area contributed by atoms with Crippen molar-refractivity contribution < 1.29 is 9.26 Å². The minimum atomic E-state index is 0.346. The van der Waals surface area contributed by atoms with Gasteiger partial charge in [0.25, 0.3) is 0 Å². The fourth-order valence-corrected chi connectivity index (χ4v) is 5.25. The number of thioether (sulfide) groups is 1. The quantitative estimate of drug-likeness (QED) is 0.830. The lowest BCUT2D eigenvalue weighted by atomic mass is 9.92. The molecule has 128 valence electrons. The number of aromatic nitrogens is 2. The molecular formula is C18H23N3O2S. The Morgan fingerprint density at radius 2 is 2.25 bits per heavy atom. The van der Waals surface area contributed by atoms with Crippen LogP contribution in [0.3, 0.4) is 0 Å².